The Morgan fingerprint density at radius 2 is 2.25 bits per heavy atom. The molecule has 0 radical (unpaired) electrons. The molecule has 0 unspecified atom stereocenters. The van der Waals surface area contributed by atoms with Crippen LogP contribution in [0.4, 0.5) is 4.39 Å². The molecule has 0 atom stereocenters. The van der Waals surface area contributed by atoms with Crippen molar-refractivity contribution < 1.29 is 9.18 Å². The molecule has 0 amide bonds. The van der Waals surface area contributed by atoms with Gasteiger partial charge in [-0.1, -0.05) is 0 Å². The first kappa shape index (κ1) is 7.43. The van der Waals surface area contributed by atoms with Crippen molar-refractivity contribution >= 4 is 27.7 Å². The summed E-state index contributed by atoms with van der Waals surface area (Å²) in [5, 5.41) is 2.60. The minimum atomic E-state index is -0.315. The first-order valence-electron chi connectivity index (χ1n) is 3.43. The van der Waals surface area contributed by atoms with Crippen molar-refractivity contribution in [3.63, 3.8) is 0 Å². The Labute approximate surface area is 72.4 Å². The summed E-state index contributed by atoms with van der Waals surface area (Å²) in [6, 6.07) is 4.74. The molecule has 2 aromatic rings. The monoisotopic (exact) mass is 180 g/mol. The Kier molecular flexibility index (Phi) is 1.66. The molecule has 1 aromatic carbocycles. The van der Waals surface area contributed by atoms with Gasteiger partial charge in [0, 0.05) is 5.56 Å². The van der Waals surface area contributed by atoms with E-state index in [1.165, 1.54) is 17.4 Å². The van der Waals surface area contributed by atoms with E-state index < -0.39 is 0 Å². The molecule has 0 bridgehead atoms. The van der Waals surface area contributed by atoms with E-state index in [0.717, 1.165) is 5.39 Å². The van der Waals surface area contributed by atoms with E-state index in [4.69, 9.17) is 0 Å². The second-order valence-electron chi connectivity index (χ2n) is 2.46. The van der Waals surface area contributed by atoms with Crippen LogP contribution in [0.1, 0.15) is 10.4 Å². The number of halogens is 1. The fourth-order valence-electron chi connectivity index (χ4n) is 1.13. The highest BCUT2D eigenvalue weighted by molar-refractivity contribution is 7.17. The van der Waals surface area contributed by atoms with E-state index in [0.29, 0.717) is 16.5 Å². The standard InChI is InChI=1S/C9H5FOS/c10-8-4-6(5-11)3-7-1-2-12-9(7)8/h1-5H. The van der Waals surface area contributed by atoms with Crippen LogP contribution in [0.25, 0.3) is 10.1 Å². The van der Waals surface area contributed by atoms with Gasteiger partial charge in [-0.3, -0.25) is 4.79 Å². The molecule has 0 aliphatic heterocycles. The second-order valence-corrected chi connectivity index (χ2v) is 3.38. The molecule has 0 spiro atoms. The number of hydrogen-bond acceptors (Lipinski definition) is 2. The van der Waals surface area contributed by atoms with Crippen molar-refractivity contribution in [1.82, 2.24) is 0 Å². The van der Waals surface area contributed by atoms with Gasteiger partial charge in [0.05, 0.1) is 4.70 Å². The van der Waals surface area contributed by atoms with Gasteiger partial charge in [-0.25, -0.2) is 4.39 Å². The number of hydrogen-bond donors (Lipinski definition) is 0. The van der Waals surface area contributed by atoms with Gasteiger partial charge in [0.15, 0.2) is 0 Å². The normalized spacial score (nSPS) is 10.4. The average molecular weight is 180 g/mol. The minimum Gasteiger partial charge on any atom is -0.298 e. The molecule has 0 N–H and O–H groups in total. The average Bonchev–Trinajstić information content (AvgIpc) is 2.52. The molecular formula is C9H5FOS. The van der Waals surface area contributed by atoms with E-state index in [1.807, 2.05) is 5.38 Å². The van der Waals surface area contributed by atoms with Crippen molar-refractivity contribution in [2.24, 2.45) is 0 Å². The number of rotatable bonds is 1. The summed E-state index contributed by atoms with van der Waals surface area (Å²) in [5.74, 6) is -0.315. The molecule has 0 fully saturated rings. The number of aldehydes is 1. The van der Waals surface area contributed by atoms with Crippen LogP contribution in [0.15, 0.2) is 23.6 Å². The lowest BCUT2D eigenvalue weighted by Crippen LogP contribution is -1.81. The van der Waals surface area contributed by atoms with Crippen LogP contribution in [0.3, 0.4) is 0 Å². The predicted molar refractivity (Wildman–Crippen MR) is 47.2 cm³/mol. The number of carbonyl (C=O) groups excluding carboxylic acids is 1. The van der Waals surface area contributed by atoms with Crippen LogP contribution in [0.2, 0.25) is 0 Å². The van der Waals surface area contributed by atoms with Gasteiger partial charge in [-0.05, 0) is 29.0 Å². The van der Waals surface area contributed by atoms with E-state index in [2.05, 4.69) is 0 Å². The van der Waals surface area contributed by atoms with E-state index >= 15 is 0 Å². The van der Waals surface area contributed by atoms with Crippen molar-refractivity contribution in [2.75, 3.05) is 0 Å². The summed E-state index contributed by atoms with van der Waals surface area (Å²) in [4.78, 5) is 10.4. The fourth-order valence-corrected chi connectivity index (χ4v) is 1.91. The highest BCUT2D eigenvalue weighted by atomic mass is 32.1. The van der Waals surface area contributed by atoms with Crippen molar-refractivity contribution in [1.29, 1.82) is 0 Å². The summed E-state index contributed by atoms with van der Waals surface area (Å²) in [5.41, 5.74) is 0.387. The maximum Gasteiger partial charge on any atom is 0.150 e. The van der Waals surface area contributed by atoms with Crippen molar-refractivity contribution in [3.8, 4) is 0 Å². The minimum absolute atomic E-state index is 0.315. The lowest BCUT2D eigenvalue weighted by Gasteiger charge is -1.93. The zero-order chi connectivity index (χ0) is 8.55. The largest absolute Gasteiger partial charge is 0.298 e. The highest BCUT2D eigenvalue weighted by Gasteiger charge is 2.03. The van der Waals surface area contributed by atoms with Gasteiger partial charge in [-0.15, -0.1) is 11.3 Å². The molecule has 0 aliphatic rings. The molecule has 1 nitrogen and oxygen atoms in total. The smallest absolute Gasteiger partial charge is 0.150 e. The predicted octanol–water partition coefficient (Wildman–Crippen LogP) is 2.85. The third kappa shape index (κ3) is 1.02. The van der Waals surface area contributed by atoms with Crippen LogP contribution < -0.4 is 0 Å². The van der Waals surface area contributed by atoms with E-state index in [-0.39, 0.29) is 5.82 Å². The van der Waals surface area contributed by atoms with Crippen LogP contribution in [-0.2, 0) is 0 Å². The maximum atomic E-state index is 13.1. The molecule has 3 heteroatoms. The number of benzene rings is 1. The summed E-state index contributed by atoms with van der Waals surface area (Å²) < 4.78 is 13.7. The topological polar surface area (TPSA) is 17.1 Å². The molecule has 0 saturated carbocycles. The SMILES string of the molecule is O=Cc1cc(F)c2sccc2c1. The summed E-state index contributed by atoms with van der Waals surface area (Å²) >= 11 is 1.34. The molecular weight excluding hydrogens is 175 g/mol. The van der Waals surface area contributed by atoms with E-state index in [1.54, 1.807) is 12.1 Å². The molecule has 1 heterocycles. The quantitative estimate of drug-likeness (QED) is 0.617. The molecule has 0 aliphatic carbocycles. The van der Waals surface area contributed by atoms with E-state index in [9.17, 15) is 9.18 Å². The Hall–Kier alpha value is -1.22. The lowest BCUT2D eigenvalue weighted by atomic mass is 10.2. The number of fused-ring (bicyclic) bond motifs is 1. The fraction of sp³-hybridized carbons (Fsp3) is 0. The number of carbonyl (C=O) groups is 1. The van der Waals surface area contributed by atoms with Crippen molar-refractivity contribution in [3.05, 3.63) is 35.0 Å². The Morgan fingerprint density at radius 3 is 3.00 bits per heavy atom. The Bertz CT molecular complexity index is 433. The van der Waals surface area contributed by atoms with Gasteiger partial charge in [-0.2, -0.15) is 0 Å². The highest BCUT2D eigenvalue weighted by Crippen LogP contribution is 2.24. The zero-order valence-corrected chi connectivity index (χ0v) is 6.90. The van der Waals surface area contributed by atoms with Gasteiger partial charge >= 0.3 is 0 Å². The third-order valence-corrected chi connectivity index (χ3v) is 2.60. The summed E-state index contributed by atoms with van der Waals surface area (Å²) in [6.45, 7) is 0. The third-order valence-electron chi connectivity index (χ3n) is 1.66. The molecule has 60 valence electrons. The van der Waals surface area contributed by atoms with Crippen LogP contribution in [0, 0.1) is 5.82 Å². The molecule has 2 rings (SSSR count). The summed E-state index contributed by atoms with van der Waals surface area (Å²) in [6.07, 6.45) is 0.653. The van der Waals surface area contributed by atoms with Crippen LogP contribution >= 0.6 is 11.3 Å². The second kappa shape index (κ2) is 2.68. The maximum absolute atomic E-state index is 13.1. The van der Waals surface area contributed by atoms with Gasteiger partial charge in [0.2, 0.25) is 0 Å². The molecule has 12 heavy (non-hydrogen) atoms. The van der Waals surface area contributed by atoms with Crippen molar-refractivity contribution in [2.45, 2.75) is 0 Å². The first-order chi connectivity index (χ1) is 5.81. The van der Waals surface area contributed by atoms with Gasteiger partial charge in [0.1, 0.15) is 12.1 Å². The van der Waals surface area contributed by atoms with Crippen LogP contribution in [-0.4, -0.2) is 6.29 Å². The van der Waals surface area contributed by atoms with Gasteiger partial charge < -0.3 is 0 Å². The van der Waals surface area contributed by atoms with Crippen LogP contribution in [0.5, 0.6) is 0 Å². The first-order valence-corrected chi connectivity index (χ1v) is 4.31. The summed E-state index contributed by atoms with van der Waals surface area (Å²) in [7, 11) is 0. The lowest BCUT2D eigenvalue weighted by molar-refractivity contribution is 0.112. The Morgan fingerprint density at radius 1 is 1.42 bits per heavy atom. The zero-order valence-electron chi connectivity index (χ0n) is 6.08. The van der Waals surface area contributed by atoms with Gasteiger partial charge in [0.25, 0.3) is 0 Å². The molecule has 1 aromatic heterocycles. The molecule has 0 saturated heterocycles. The number of thiophene rings is 1. The Balaban J connectivity index is 2.83.